The van der Waals surface area contributed by atoms with Crippen LogP contribution in [0.25, 0.3) is 0 Å². The predicted octanol–water partition coefficient (Wildman–Crippen LogP) is -0.614. The first-order valence-corrected chi connectivity index (χ1v) is 2.11. The van der Waals surface area contributed by atoms with Crippen LogP contribution in [0.1, 0.15) is 0 Å². The summed E-state index contributed by atoms with van der Waals surface area (Å²) in [7, 11) is 0. The summed E-state index contributed by atoms with van der Waals surface area (Å²) in [4.78, 5) is 10.1. The Balaban J connectivity index is 3.08. The molecule has 0 amide bonds. The van der Waals surface area contributed by atoms with Crippen LogP contribution in [-0.2, 0) is 0 Å². The first-order chi connectivity index (χ1) is 4.22. The Morgan fingerprint density at radius 2 is 2.56 bits per heavy atom. The molecule has 0 saturated carbocycles. The van der Waals surface area contributed by atoms with E-state index in [-0.39, 0.29) is 5.82 Å². The third-order valence-electron chi connectivity index (χ3n) is 0.757. The molecular formula is C3H4N4O2. The fourth-order valence-electron chi connectivity index (χ4n) is 0.392. The third kappa shape index (κ3) is 0.809. The van der Waals surface area contributed by atoms with Gasteiger partial charge in [-0.15, -0.1) is 9.78 Å². The fourth-order valence-corrected chi connectivity index (χ4v) is 0.392. The Hall–Kier alpha value is -1.59. The Labute approximate surface area is 49.9 Å². The molecule has 1 heterocycles. The molecule has 9 heavy (non-hydrogen) atoms. The van der Waals surface area contributed by atoms with Gasteiger partial charge in [-0.1, -0.05) is 5.21 Å². The van der Waals surface area contributed by atoms with Crippen molar-refractivity contribution in [3.8, 4) is 0 Å². The molecule has 1 aromatic heterocycles. The number of nitrogens with two attached hydrogens (primary N) is 1. The van der Waals surface area contributed by atoms with Gasteiger partial charge in [-0.05, 0) is 0 Å². The number of hydrogen-bond acceptors (Lipinski definition) is 4. The van der Waals surface area contributed by atoms with Crippen LogP contribution in [0.2, 0.25) is 0 Å². The quantitative estimate of drug-likeness (QED) is 0.485. The van der Waals surface area contributed by atoms with E-state index in [9.17, 15) is 4.79 Å². The van der Waals surface area contributed by atoms with Crippen molar-refractivity contribution in [1.29, 1.82) is 0 Å². The number of anilines is 1. The van der Waals surface area contributed by atoms with Crippen molar-refractivity contribution in [2.45, 2.75) is 0 Å². The van der Waals surface area contributed by atoms with Gasteiger partial charge in [-0.3, -0.25) is 0 Å². The molecule has 1 aromatic rings. The Kier molecular flexibility index (Phi) is 1.07. The smallest absolute Gasteiger partial charge is 0.435 e. The molecular weight excluding hydrogens is 124 g/mol. The van der Waals surface area contributed by atoms with Crippen LogP contribution in [-0.4, -0.2) is 26.2 Å². The zero-order valence-corrected chi connectivity index (χ0v) is 4.35. The largest absolute Gasteiger partial charge is 0.463 e. The molecule has 3 N–H and O–H groups in total. The maximum atomic E-state index is 10.1. The highest BCUT2D eigenvalue weighted by atomic mass is 16.4. The van der Waals surface area contributed by atoms with Crippen LogP contribution >= 0.6 is 0 Å². The molecule has 0 unspecified atom stereocenters. The first-order valence-electron chi connectivity index (χ1n) is 2.11. The lowest BCUT2D eigenvalue weighted by molar-refractivity contribution is 0.192. The highest BCUT2D eigenvalue weighted by molar-refractivity contribution is 5.70. The highest BCUT2D eigenvalue weighted by Crippen LogP contribution is 1.93. The summed E-state index contributed by atoms with van der Waals surface area (Å²) >= 11 is 0. The van der Waals surface area contributed by atoms with Crippen LogP contribution in [0.5, 0.6) is 0 Å². The molecule has 0 spiro atoms. The summed E-state index contributed by atoms with van der Waals surface area (Å²) in [6.45, 7) is 0. The SMILES string of the molecule is Nc1cnnn1C(=O)O. The van der Waals surface area contributed by atoms with E-state index in [1.165, 1.54) is 0 Å². The molecule has 0 aliphatic heterocycles. The molecule has 1 rings (SSSR count). The molecule has 48 valence electrons. The standard InChI is InChI=1S/C3H4N4O2/c4-2-1-5-6-7(2)3(8)9/h1H,4H2,(H,8,9). The highest BCUT2D eigenvalue weighted by Gasteiger charge is 2.04. The van der Waals surface area contributed by atoms with Gasteiger partial charge in [0.05, 0.1) is 6.20 Å². The van der Waals surface area contributed by atoms with Gasteiger partial charge in [0.2, 0.25) is 0 Å². The molecule has 0 aliphatic rings. The van der Waals surface area contributed by atoms with Gasteiger partial charge >= 0.3 is 6.09 Å². The normalized spacial score (nSPS) is 9.33. The lowest BCUT2D eigenvalue weighted by Crippen LogP contribution is -2.12. The van der Waals surface area contributed by atoms with Crippen molar-refractivity contribution in [3.05, 3.63) is 6.20 Å². The minimum absolute atomic E-state index is 0.0162. The van der Waals surface area contributed by atoms with Crippen molar-refractivity contribution in [3.63, 3.8) is 0 Å². The molecule has 0 aliphatic carbocycles. The first kappa shape index (κ1) is 5.54. The van der Waals surface area contributed by atoms with Crippen LogP contribution in [0.15, 0.2) is 6.20 Å². The number of carbonyl (C=O) groups is 1. The maximum absolute atomic E-state index is 10.1. The van der Waals surface area contributed by atoms with Gasteiger partial charge in [-0.2, -0.15) is 0 Å². The minimum Gasteiger partial charge on any atom is -0.463 e. The Morgan fingerprint density at radius 1 is 1.89 bits per heavy atom. The second-order valence-corrected chi connectivity index (χ2v) is 1.35. The Morgan fingerprint density at radius 3 is 2.78 bits per heavy atom. The predicted molar refractivity (Wildman–Crippen MR) is 27.9 cm³/mol. The number of nitrogen functional groups attached to an aromatic ring is 1. The van der Waals surface area contributed by atoms with E-state index in [1.54, 1.807) is 0 Å². The van der Waals surface area contributed by atoms with Crippen LogP contribution in [0.4, 0.5) is 10.6 Å². The van der Waals surface area contributed by atoms with Crippen molar-refractivity contribution < 1.29 is 9.90 Å². The monoisotopic (exact) mass is 128 g/mol. The molecule has 6 heteroatoms. The second kappa shape index (κ2) is 1.73. The van der Waals surface area contributed by atoms with Crippen LogP contribution < -0.4 is 5.73 Å². The fraction of sp³-hybridized carbons (Fsp3) is 0. The van der Waals surface area contributed by atoms with Gasteiger partial charge in [0.1, 0.15) is 0 Å². The van der Waals surface area contributed by atoms with Gasteiger partial charge in [-0.25, -0.2) is 4.79 Å². The van der Waals surface area contributed by atoms with Crippen molar-refractivity contribution >= 4 is 11.9 Å². The molecule has 0 fully saturated rings. The van der Waals surface area contributed by atoms with Gasteiger partial charge in [0, 0.05) is 0 Å². The van der Waals surface area contributed by atoms with E-state index in [0.717, 1.165) is 6.20 Å². The van der Waals surface area contributed by atoms with Crippen molar-refractivity contribution in [2.75, 3.05) is 5.73 Å². The summed E-state index contributed by atoms with van der Waals surface area (Å²) in [5, 5.41) is 14.6. The van der Waals surface area contributed by atoms with Gasteiger partial charge < -0.3 is 10.8 Å². The van der Waals surface area contributed by atoms with Crippen LogP contribution in [0, 0.1) is 0 Å². The summed E-state index contributed by atoms with van der Waals surface area (Å²) in [6.07, 6.45) is -0.0706. The Bertz CT molecular complexity index is 229. The topological polar surface area (TPSA) is 94.0 Å². The summed E-state index contributed by atoms with van der Waals surface area (Å²) in [5.74, 6) is 0.0162. The van der Waals surface area contributed by atoms with E-state index in [4.69, 9.17) is 10.8 Å². The van der Waals surface area contributed by atoms with E-state index in [2.05, 4.69) is 10.3 Å². The number of nitrogens with zero attached hydrogens (tertiary/aromatic N) is 3. The molecule has 0 saturated heterocycles. The van der Waals surface area contributed by atoms with Crippen LogP contribution in [0.3, 0.4) is 0 Å². The second-order valence-electron chi connectivity index (χ2n) is 1.35. The van der Waals surface area contributed by atoms with Crippen molar-refractivity contribution in [2.24, 2.45) is 0 Å². The number of rotatable bonds is 0. The molecule has 0 atom stereocenters. The number of hydrogen-bond donors (Lipinski definition) is 2. The van der Waals surface area contributed by atoms with E-state index in [0.29, 0.717) is 4.68 Å². The van der Waals surface area contributed by atoms with Gasteiger partial charge in [0.15, 0.2) is 5.82 Å². The number of carboxylic acid groups (broad SMARTS) is 1. The lowest BCUT2D eigenvalue weighted by atomic mass is 10.8. The zero-order valence-electron chi connectivity index (χ0n) is 4.35. The molecule has 0 bridgehead atoms. The van der Waals surface area contributed by atoms with E-state index < -0.39 is 6.09 Å². The summed E-state index contributed by atoms with van der Waals surface area (Å²) in [6, 6.07) is 0. The number of aromatic nitrogens is 3. The average molecular weight is 128 g/mol. The average Bonchev–Trinajstić information content (AvgIpc) is 2.13. The molecule has 0 aromatic carbocycles. The lowest BCUT2D eigenvalue weighted by Gasteiger charge is -1.89. The van der Waals surface area contributed by atoms with Gasteiger partial charge in [0.25, 0.3) is 0 Å². The minimum atomic E-state index is -1.23. The molecule has 0 radical (unpaired) electrons. The summed E-state index contributed by atoms with van der Waals surface area (Å²) < 4.78 is 0.583. The molecule has 6 nitrogen and oxygen atoms in total. The third-order valence-corrected chi connectivity index (χ3v) is 0.757. The van der Waals surface area contributed by atoms with Crippen molar-refractivity contribution in [1.82, 2.24) is 15.0 Å². The zero-order chi connectivity index (χ0) is 6.85. The van der Waals surface area contributed by atoms with E-state index in [1.807, 2.05) is 0 Å². The van der Waals surface area contributed by atoms with E-state index >= 15 is 0 Å². The maximum Gasteiger partial charge on any atom is 0.435 e. The summed E-state index contributed by atoms with van der Waals surface area (Å²) in [5.41, 5.74) is 5.10.